The summed E-state index contributed by atoms with van der Waals surface area (Å²) in [6, 6.07) is 9.46. The quantitative estimate of drug-likeness (QED) is 0.626. The van der Waals surface area contributed by atoms with Gasteiger partial charge in [0.25, 0.3) is 11.5 Å². The number of carbonyl (C=O) groups is 1. The third-order valence-electron chi connectivity index (χ3n) is 5.04. The Bertz CT molecular complexity index is 1300. The average Bonchev–Trinajstić information content (AvgIpc) is 3.38. The molecule has 4 rings (SSSR count). The zero-order valence-electron chi connectivity index (χ0n) is 17.1. The van der Waals surface area contributed by atoms with E-state index >= 15 is 0 Å². The van der Waals surface area contributed by atoms with Crippen molar-refractivity contribution in [3.05, 3.63) is 64.0 Å². The van der Waals surface area contributed by atoms with Crippen LogP contribution in [-0.4, -0.2) is 41.7 Å². The van der Waals surface area contributed by atoms with Crippen LogP contribution < -0.4 is 10.9 Å². The van der Waals surface area contributed by atoms with Crippen molar-refractivity contribution in [2.75, 3.05) is 18.4 Å². The lowest BCUT2D eigenvalue weighted by molar-refractivity contribution is 0.0995. The van der Waals surface area contributed by atoms with E-state index in [0.717, 1.165) is 12.8 Å². The summed E-state index contributed by atoms with van der Waals surface area (Å²) in [6.45, 7) is 4.18. The molecule has 1 aliphatic heterocycles. The molecule has 1 aromatic carbocycles. The molecule has 31 heavy (non-hydrogen) atoms. The zero-order valence-corrected chi connectivity index (χ0v) is 18.0. The molecule has 9 nitrogen and oxygen atoms in total. The summed E-state index contributed by atoms with van der Waals surface area (Å²) in [5.74, 6) is -0.113. The molecule has 3 aromatic rings. The Hall–Kier alpha value is -3.24. The molecule has 10 heteroatoms. The highest BCUT2D eigenvalue weighted by atomic mass is 32.2. The van der Waals surface area contributed by atoms with Gasteiger partial charge in [0, 0.05) is 42.2 Å². The van der Waals surface area contributed by atoms with E-state index in [1.54, 1.807) is 31.2 Å². The monoisotopic (exact) mass is 442 g/mol. The Balaban J connectivity index is 1.57. The summed E-state index contributed by atoms with van der Waals surface area (Å²) in [5, 5.41) is 2.70. The number of aryl methyl sites for hydroxylation is 2. The van der Waals surface area contributed by atoms with E-state index in [9.17, 15) is 18.0 Å². The number of nitrogens with zero attached hydrogens (tertiary/aromatic N) is 2. The van der Waals surface area contributed by atoms with Gasteiger partial charge in [-0.25, -0.2) is 13.4 Å². The highest BCUT2D eigenvalue weighted by Gasteiger charge is 2.31. The van der Waals surface area contributed by atoms with Gasteiger partial charge in [-0.15, -0.1) is 0 Å². The molecule has 1 amide bonds. The lowest BCUT2D eigenvalue weighted by Gasteiger charge is -2.14. The minimum Gasteiger partial charge on any atom is -0.455 e. The summed E-state index contributed by atoms with van der Waals surface area (Å²) in [7, 11) is -3.69. The van der Waals surface area contributed by atoms with Crippen molar-refractivity contribution < 1.29 is 17.6 Å². The van der Waals surface area contributed by atoms with Gasteiger partial charge in [0.1, 0.15) is 16.5 Å². The standard InChI is InChI=1S/C21H22N4O5S/c1-13-10-19(26)24-20(22-13)15-6-5-7-16(11-15)23-21(27)17-12-18(14(2)30-17)31(28,29)25-8-3-4-9-25/h5-7,10-12H,3-4,8-9H2,1-2H3,(H,23,27)(H,22,24,26). The molecule has 2 N–H and O–H groups in total. The fourth-order valence-corrected chi connectivity index (χ4v) is 5.23. The van der Waals surface area contributed by atoms with E-state index < -0.39 is 15.9 Å². The molecule has 3 heterocycles. The number of hydrogen-bond acceptors (Lipinski definition) is 6. The van der Waals surface area contributed by atoms with Crippen molar-refractivity contribution in [3.8, 4) is 11.4 Å². The van der Waals surface area contributed by atoms with Crippen molar-refractivity contribution in [1.82, 2.24) is 14.3 Å². The number of furan rings is 1. The Morgan fingerprint density at radius 2 is 1.90 bits per heavy atom. The Kier molecular flexibility index (Phi) is 5.50. The smallest absolute Gasteiger partial charge is 0.291 e. The van der Waals surface area contributed by atoms with Crippen LogP contribution >= 0.6 is 0 Å². The first-order valence-electron chi connectivity index (χ1n) is 9.84. The highest BCUT2D eigenvalue weighted by Crippen LogP contribution is 2.27. The molecular formula is C21H22N4O5S. The molecule has 0 bridgehead atoms. The second kappa shape index (κ2) is 8.12. The van der Waals surface area contributed by atoms with Gasteiger partial charge < -0.3 is 14.7 Å². The van der Waals surface area contributed by atoms with Crippen molar-refractivity contribution in [3.63, 3.8) is 0 Å². The third kappa shape index (κ3) is 4.30. The van der Waals surface area contributed by atoms with Crippen LogP contribution in [0.15, 0.2) is 50.5 Å². The number of anilines is 1. The SMILES string of the molecule is Cc1cc(=O)[nH]c(-c2cccc(NC(=O)c3cc(S(=O)(=O)N4CCCC4)c(C)o3)c2)n1. The molecule has 2 aromatic heterocycles. The van der Waals surface area contributed by atoms with Gasteiger partial charge >= 0.3 is 0 Å². The first-order chi connectivity index (χ1) is 14.7. The van der Waals surface area contributed by atoms with Crippen LogP contribution in [0.1, 0.15) is 34.9 Å². The van der Waals surface area contributed by atoms with E-state index in [1.165, 1.54) is 23.4 Å². The second-order valence-corrected chi connectivity index (χ2v) is 9.32. The normalized spacial score (nSPS) is 14.6. The molecule has 1 saturated heterocycles. The second-order valence-electron chi connectivity index (χ2n) is 7.41. The van der Waals surface area contributed by atoms with Crippen LogP contribution in [0.5, 0.6) is 0 Å². The first-order valence-corrected chi connectivity index (χ1v) is 11.3. The van der Waals surface area contributed by atoms with Crippen LogP contribution in [0.2, 0.25) is 0 Å². The summed E-state index contributed by atoms with van der Waals surface area (Å²) >= 11 is 0. The van der Waals surface area contributed by atoms with Crippen LogP contribution in [0.3, 0.4) is 0 Å². The number of rotatable bonds is 5. The van der Waals surface area contributed by atoms with Crippen molar-refractivity contribution in [1.29, 1.82) is 0 Å². The van der Waals surface area contributed by atoms with Crippen LogP contribution in [0.25, 0.3) is 11.4 Å². The molecule has 0 atom stereocenters. The van der Waals surface area contributed by atoms with Gasteiger partial charge in [-0.2, -0.15) is 4.31 Å². The number of H-pyrrole nitrogens is 1. The van der Waals surface area contributed by atoms with E-state index in [1.807, 2.05) is 0 Å². The topological polar surface area (TPSA) is 125 Å². The summed E-state index contributed by atoms with van der Waals surface area (Å²) in [5.41, 5.74) is 1.37. The minimum absolute atomic E-state index is 0.00911. The van der Waals surface area contributed by atoms with Gasteiger partial charge in [-0.05, 0) is 38.8 Å². The van der Waals surface area contributed by atoms with E-state index in [2.05, 4.69) is 15.3 Å². The average molecular weight is 442 g/mol. The Labute approximate surface area is 179 Å². The Morgan fingerprint density at radius 3 is 2.61 bits per heavy atom. The maximum absolute atomic E-state index is 12.8. The third-order valence-corrected chi connectivity index (χ3v) is 7.05. The zero-order chi connectivity index (χ0) is 22.2. The van der Waals surface area contributed by atoms with Gasteiger partial charge in [0.2, 0.25) is 10.0 Å². The summed E-state index contributed by atoms with van der Waals surface area (Å²) in [4.78, 5) is 31.4. The molecule has 1 fully saturated rings. The van der Waals surface area contributed by atoms with E-state index in [-0.39, 0.29) is 22.0 Å². The van der Waals surface area contributed by atoms with Gasteiger partial charge in [-0.3, -0.25) is 9.59 Å². The number of benzene rings is 1. The molecule has 1 aliphatic rings. The number of aromatic amines is 1. The lowest BCUT2D eigenvalue weighted by atomic mass is 10.2. The maximum Gasteiger partial charge on any atom is 0.291 e. The highest BCUT2D eigenvalue weighted by molar-refractivity contribution is 7.89. The summed E-state index contributed by atoms with van der Waals surface area (Å²) in [6.07, 6.45) is 1.64. The molecule has 0 unspecified atom stereocenters. The van der Waals surface area contributed by atoms with Gasteiger partial charge in [-0.1, -0.05) is 12.1 Å². The number of carbonyl (C=O) groups excluding carboxylic acids is 1. The largest absolute Gasteiger partial charge is 0.455 e. The fraction of sp³-hybridized carbons (Fsp3) is 0.286. The molecule has 0 saturated carbocycles. The molecule has 162 valence electrons. The minimum atomic E-state index is -3.69. The van der Waals surface area contributed by atoms with Crippen LogP contribution in [-0.2, 0) is 10.0 Å². The van der Waals surface area contributed by atoms with Crippen molar-refractivity contribution in [2.24, 2.45) is 0 Å². The van der Waals surface area contributed by atoms with Gasteiger partial charge in [0.05, 0.1) is 0 Å². The lowest BCUT2D eigenvalue weighted by Crippen LogP contribution is -2.28. The van der Waals surface area contributed by atoms with E-state index in [4.69, 9.17) is 4.42 Å². The molecular weight excluding hydrogens is 420 g/mol. The molecule has 0 spiro atoms. The predicted octanol–water partition coefficient (Wildman–Crippen LogP) is 2.68. The Morgan fingerprint density at radius 1 is 1.16 bits per heavy atom. The number of sulfonamides is 1. The molecule has 0 radical (unpaired) electrons. The fourth-order valence-electron chi connectivity index (χ4n) is 3.55. The predicted molar refractivity (Wildman–Crippen MR) is 114 cm³/mol. The number of nitrogens with one attached hydrogen (secondary N) is 2. The van der Waals surface area contributed by atoms with E-state index in [0.29, 0.717) is 35.9 Å². The van der Waals surface area contributed by atoms with Crippen molar-refractivity contribution >= 4 is 21.6 Å². The number of amides is 1. The molecule has 0 aliphatic carbocycles. The summed E-state index contributed by atoms with van der Waals surface area (Å²) < 4.78 is 32.5. The van der Waals surface area contributed by atoms with Crippen LogP contribution in [0, 0.1) is 13.8 Å². The number of hydrogen-bond donors (Lipinski definition) is 2. The van der Waals surface area contributed by atoms with Gasteiger partial charge in [0.15, 0.2) is 5.76 Å². The van der Waals surface area contributed by atoms with Crippen LogP contribution in [0.4, 0.5) is 5.69 Å². The van der Waals surface area contributed by atoms with Crippen molar-refractivity contribution in [2.45, 2.75) is 31.6 Å². The first kappa shape index (κ1) is 21.0. The number of aromatic nitrogens is 2. The maximum atomic E-state index is 12.8.